The zero-order chi connectivity index (χ0) is 19.2. The van der Waals surface area contributed by atoms with Gasteiger partial charge in [-0.3, -0.25) is 14.2 Å². The first-order valence-electron chi connectivity index (χ1n) is 9.56. The van der Waals surface area contributed by atoms with Crippen molar-refractivity contribution < 1.29 is 9.53 Å². The first-order chi connectivity index (χ1) is 13.2. The summed E-state index contributed by atoms with van der Waals surface area (Å²) in [6.45, 7) is 3.81. The summed E-state index contributed by atoms with van der Waals surface area (Å²) >= 11 is 1.35. The van der Waals surface area contributed by atoms with E-state index in [-0.39, 0.29) is 11.5 Å². The van der Waals surface area contributed by atoms with E-state index in [9.17, 15) is 9.59 Å². The van der Waals surface area contributed by atoms with Crippen molar-refractivity contribution in [1.82, 2.24) is 14.5 Å². The van der Waals surface area contributed by atoms with Crippen LogP contribution in [0.4, 0.5) is 0 Å². The van der Waals surface area contributed by atoms with E-state index in [4.69, 9.17) is 4.74 Å². The Labute approximate surface area is 163 Å². The number of piperidine rings is 1. The second kappa shape index (κ2) is 9.37. The number of hydrogen-bond acceptors (Lipinski definition) is 5. The van der Waals surface area contributed by atoms with Crippen molar-refractivity contribution in [3.8, 4) is 0 Å². The van der Waals surface area contributed by atoms with Gasteiger partial charge in [-0.05, 0) is 37.8 Å². The van der Waals surface area contributed by atoms with Crippen LogP contribution in [0.25, 0.3) is 10.9 Å². The second-order valence-electron chi connectivity index (χ2n) is 6.79. The predicted octanol–water partition coefficient (Wildman–Crippen LogP) is 2.93. The van der Waals surface area contributed by atoms with Gasteiger partial charge in [0, 0.05) is 19.7 Å². The van der Waals surface area contributed by atoms with Crippen LogP contribution in [0.15, 0.2) is 34.2 Å². The molecule has 27 heavy (non-hydrogen) atoms. The molecule has 146 valence electrons. The normalized spacial score (nSPS) is 17.4. The number of benzene rings is 1. The Balaban J connectivity index is 1.82. The molecule has 1 saturated heterocycles. The zero-order valence-corrected chi connectivity index (χ0v) is 16.8. The molecule has 1 atom stereocenters. The number of carbonyl (C=O) groups is 1. The molecular weight excluding hydrogens is 362 g/mol. The molecule has 1 aromatic heterocycles. The van der Waals surface area contributed by atoms with E-state index >= 15 is 0 Å². The molecule has 0 spiro atoms. The van der Waals surface area contributed by atoms with Crippen molar-refractivity contribution in [2.45, 2.75) is 50.4 Å². The molecule has 7 heteroatoms. The highest BCUT2D eigenvalue weighted by molar-refractivity contribution is 7.99. The van der Waals surface area contributed by atoms with E-state index in [1.54, 1.807) is 17.7 Å². The molecule has 3 rings (SSSR count). The van der Waals surface area contributed by atoms with Crippen molar-refractivity contribution in [2.24, 2.45) is 0 Å². The molecule has 1 aliphatic heterocycles. The number of nitrogens with zero attached hydrogens (tertiary/aromatic N) is 3. The molecule has 1 fully saturated rings. The van der Waals surface area contributed by atoms with Gasteiger partial charge in [0.1, 0.15) is 0 Å². The van der Waals surface area contributed by atoms with E-state index < -0.39 is 0 Å². The quantitative estimate of drug-likeness (QED) is 0.538. The number of thioether (sulfide) groups is 1. The van der Waals surface area contributed by atoms with Gasteiger partial charge >= 0.3 is 0 Å². The molecule has 6 nitrogen and oxygen atoms in total. The number of rotatable bonds is 7. The van der Waals surface area contributed by atoms with Gasteiger partial charge in [0.05, 0.1) is 29.8 Å². The fourth-order valence-corrected chi connectivity index (χ4v) is 4.51. The molecule has 0 bridgehead atoms. The van der Waals surface area contributed by atoms with Crippen LogP contribution in [-0.2, 0) is 16.1 Å². The fourth-order valence-electron chi connectivity index (χ4n) is 3.60. The molecule has 2 aromatic rings. The van der Waals surface area contributed by atoms with Crippen LogP contribution in [0.2, 0.25) is 0 Å². The van der Waals surface area contributed by atoms with Gasteiger partial charge in [-0.15, -0.1) is 0 Å². The van der Waals surface area contributed by atoms with Crippen molar-refractivity contribution in [2.75, 3.05) is 26.0 Å². The molecule has 0 saturated carbocycles. The molecule has 1 unspecified atom stereocenters. The maximum atomic E-state index is 12.9. The molecule has 1 amide bonds. The third kappa shape index (κ3) is 4.52. The molecule has 0 radical (unpaired) electrons. The lowest BCUT2D eigenvalue weighted by Gasteiger charge is -2.35. The number of likely N-dealkylation sites (tertiary alicyclic amines) is 1. The maximum Gasteiger partial charge on any atom is 0.262 e. The third-order valence-electron chi connectivity index (χ3n) is 5.09. The van der Waals surface area contributed by atoms with Gasteiger partial charge in [-0.25, -0.2) is 4.98 Å². The average molecular weight is 390 g/mol. The van der Waals surface area contributed by atoms with Crippen molar-refractivity contribution >= 4 is 28.6 Å². The van der Waals surface area contributed by atoms with E-state index in [1.165, 1.54) is 18.2 Å². The molecule has 2 heterocycles. The standard InChI is InChI=1S/C20H27N3O3S/c1-3-15-8-6-7-11-22(15)18(24)14-27-20-21-17-10-5-4-9-16(17)19(25)23(20)12-13-26-2/h4-5,9-10,15H,3,6-8,11-14H2,1-2H3. The lowest BCUT2D eigenvalue weighted by Crippen LogP contribution is -2.44. The number of carbonyl (C=O) groups excluding carboxylic acids is 1. The first-order valence-corrected chi connectivity index (χ1v) is 10.5. The van der Waals surface area contributed by atoms with Crippen molar-refractivity contribution in [3.63, 3.8) is 0 Å². The smallest absolute Gasteiger partial charge is 0.262 e. The second-order valence-corrected chi connectivity index (χ2v) is 7.74. The lowest BCUT2D eigenvalue weighted by atomic mass is 10.0. The molecular formula is C20H27N3O3S. The predicted molar refractivity (Wildman–Crippen MR) is 108 cm³/mol. The highest BCUT2D eigenvalue weighted by Crippen LogP contribution is 2.23. The fraction of sp³-hybridized carbons (Fsp3) is 0.550. The third-order valence-corrected chi connectivity index (χ3v) is 6.05. The minimum absolute atomic E-state index is 0.0861. The molecule has 0 aliphatic carbocycles. The number of methoxy groups -OCH3 is 1. The SMILES string of the molecule is CCC1CCCCN1C(=O)CSc1nc2ccccc2c(=O)n1CCOC. The Bertz CT molecular complexity index is 852. The maximum absolute atomic E-state index is 12.9. The summed E-state index contributed by atoms with van der Waals surface area (Å²) in [6, 6.07) is 7.66. The summed E-state index contributed by atoms with van der Waals surface area (Å²) in [5.74, 6) is 0.432. The zero-order valence-electron chi connectivity index (χ0n) is 16.0. The van der Waals surface area contributed by atoms with Crippen LogP contribution in [0.3, 0.4) is 0 Å². The number of fused-ring (bicyclic) bond motifs is 1. The summed E-state index contributed by atoms with van der Waals surface area (Å²) in [6.07, 6.45) is 4.33. The van der Waals surface area contributed by atoms with E-state index in [2.05, 4.69) is 11.9 Å². The van der Waals surface area contributed by atoms with Crippen LogP contribution in [0.5, 0.6) is 0 Å². The number of para-hydroxylation sites is 1. The van der Waals surface area contributed by atoms with Crippen molar-refractivity contribution in [1.29, 1.82) is 0 Å². The van der Waals surface area contributed by atoms with Gasteiger partial charge in [0.25, 0.3) is 5.56 Å². The largest absolute Gasteiger partial charge is 0.383 e. The Morgan fingerprint density at radius 3 is 2.93 bits per heavy atom. The Morgan fingerprint density at radius 1 is 1.33 bits per heavy atom. The van der Waals surface area contributed by atoms with Crippen LogP contribution in [0, 0.1) is 0 Å². The average Bonchev–Trinajstić information content (AvgIpc) is 2.71. The van der Waals surface area contributed by atoms with Gasteiger partial charge in [0.15, 0.2) is 5.16 Å². The number of hydrogen-bond donors (Lipinski definition) is 0. The Kier molecular flexibility index (Phi) is 6.90. The van der Waals surface area contributed by atoms with Crippen molar-refractivity contribution in [3.05, 3.63) is 34.6 Å². The summed E-state index contributed by atoms with van der Waals surface area (Å²) in [5.41, 5.74) is 0.576. The minimum atomic E-state index is -0.0861. The molecule has 1 aliphatic rings. The van der Waals surface area contributed by atoms with Gasteiger partial charge in [-0.2, -0.15) is 0 Å². The topological polar surface area (TPSA) is 64.4 Å². The van der Waals surface area contributed by atoms with E-state index in [1.807, 2.05) is 23.1 Å². The van der Waals surface area contributed by atoms with E-state index in [0.29, 0.717) is 41.0 Å². The molecule has 1 aromatic carbocycles. The van der Waals surface area contributed by atoms with Gasteiger partial charge in [-0.1, -0.05) is 30.8 Å². The summed E-state index contributed by atoms with van der Waals surface area (Å²) < 4.78 is 6.77. The Hall–Kier alpha value is -1.86. The van der Waals surface area contributed by atoms with Crippen LogP contribution < -0.4 is 5.56 Å². The number of amides is 1. The van der Waals surface area contributed by atoms with E-state index in [0.717, 1.165) is 25.8 Å². The summed E-state index contributed by atoms with van der Waals surface area (Å²) in [5, 5.41) is 1.17. The number of aromatic nitrogens is 2. The summed E-state index contributed by atoms with van der Waals surface area (Å²) in [4.78, 5) is 32.3. The lowest BCUT2D eigenvalue weighted by molar-refractivity contribution is -0.132. The van der Waals surface area contributed by atoms with Gasteiger partial charge < -0.3 is 9.64 Å². The van der Waals surface area contributed by atoms with Crippen LogP contribution in [-0.4, -0.2) is 52.4 Å². The highest BCUT2D eigenvalue weighted by atomic mass is 32.2. The van der Waals surface area contributed by atoms with Crippen LogP contribution in [0.1, 0.15) is 32.6 Å². The van der Waals surface area contributed by atoms with Gasteiger partial charge in [0.2, 0.25) is 5.91 Å². The summed E-state index contributed by atoms with van der Waals surface area (Å²) in [7, 11) is 1.61. The monoisotopic (exact) mass is 389 g/mol. The number of ether oxygens (including phenoxy) is 1. The Morgan fingerprint density at radius 2 is 2.15 bits per heavy atom. The molecule has 0 N–H and O–H groups in total. The van der Waals surface area contributed by atoms with Crippen LogP contribution >= 0.6 is 11.8 Å². The minimum Gasteiger partial charge on any atom is -0.383 e. The first kappa shape index (κ1) is 19.9. The highest BCUT2D eigenvalue weighted by Gasteiger charge is 2.25.